The van der Waals surface area contributed by atoms with Crippen molar-refractivity contribution < 1.29 is 9.18 Å². The van der Waals surface area contributed by atoms with Crippen molar-refractivity contribution in [3.8, 4) is 0 Å². The highest BCUT2D eigenvalue weighted by Gasteiger charge is 2.25. The average Bonchev–Trinajstić information content (AvgIpc) is 2.41. The van der Waals surface area contributed by atoms with Gasteiger partial charge in [-0.1, -0.05) is 6.07 Å². The maximum Gasteiger partial charge on any atom is 0.253 e. The fourth-order valence-electron chi connectivity index (χ4n) is 2.54. The van der Waals surface area contributed by atoms with Crippen LogP contribution in [0, 0.1) is 18.7 Å². The predicted molar refractivity (Wildman–Crippen MR) is 73.4 cm³/mol. The molecule has 1 fully saturated rings. The second-order valence-electron chi connectivity index (χ2n) is 5.45. The van der Waals surface area contributed by atoms with E-state index in [1.165, 1.54) is 6.07 Å². The van der Waals surface area contributed by atoms with Crippen LogP contribution >= 0.6 is 0 Å². The number of likely N-dealkylation sites (tertiary alicyclic amines) is 1. The summed E-state index contributed by atoms with van der Waals surface area (Å²) in [6.45, 7) is 5.12. The number of piperidine rings is 1. The second-order valence-corrected chi connectivity index (χ2v) is 5.45. The zero-order chi connectivity index (χ0) is 14.0. The summed E-state index contributed by atoms with van der Waals surface area (Å²) in [5, 5.41) is 0. The molecule has 2 rings (SSSR count). The smallest absolute Gasteiger partial charge is 0.253 e. The first-order chi connectivity index (χ1) is 8.99. The summed E-state index contributed by atoms with van der Waals surface area (Å²) in [6, 6.07) is 4.85. The normalized spacial score (nSPS) is 18.4. The lowest BCUT2D eigenvalue weighted by molar-refractivity contribution is 0.0680. The van der Waals surface area contributed by atoms with E-state index in [2.05, 4.69) is 0 Å². The Kier molecular flexibility index (Phi) is 4.20. The molecule has 19 heavy (non-hydrogen) atoms. The van der Waals surface area contributed by atoms with Crippen molar-refractivity contribution in [3.05, 3.63) is 35.1 Å². The van der Waals surface area contributed by atoms with Crippen LogP contribution in [0.25, 0.3) is 0 Å². The molecule has 1 aromatic rings. The van der Waals surface area contributed by atoms with Crippen LogP contribution in [-0.2, 0) is 0 Å². The molecule has 1 aromatic carbocycles. The summed E-state index contributed by atoms with van der Waals surface area (Å²) in [7, 11) is 0. The fourth-order valence-corrected chi connectivity index (χ4v) is 2.54. The van der Waals surface area contributed by atoms with Gasteiger partial charge in [0.2, 0.25) is 0 Å². The van der Waals surface area contributed by atoms with Crippen molar-refractivity contribution in [1.29, 1.82) is 0 Å². The first-order valence-electron chi connectivity index (χ1n) is 6.80. The molecule has 0 bridgehead atoms. The third-order valence-electron chi connectivity index (χ3n) is 3.99. The average molecular weight is 264 g/mol. The number of nitrogens with zero attached hydrogens (tertiary/aromatic N) is 1. The Bertz CT molecular complexity index is 465. The van der Waals surface area contributed by atoms with E-state index in [-0.39, 0.29) is 17.8 Å². The van der Waals surface area contributed by atoms with E-state index in [1.54, 1.807) is 24.0 Å². The minimum atomic E-state index is -0.323. The van der Waals surface area contributed by atoms with Gasteiger partial charge < -0.3 is 10.6 Å². The molecule has 0 aromatic heterocycles. The van der Waals surface area contributed by atoms with Gasteiger partial charge in [-0.2, -0.15) is 0 Å². The van der Waals surface area contributed by atoms with Crippen LogP contribution in [0.4, 0.5) is 4.39 Å². The van der Waals surface area contributed by atoms with E-state index in [4.69, 9.17) is 5.73 Å². The Morgan fingerprint density at radius 2 is 2.05 bits per heavy atom. The van der Waals surface area contributed by atoms with Crippen molar-refractivity contribution in [2.24, 2.45) is 11.7 Å². The number of carbonyl (C=O) groups excluding carboxylic acids is 1. The molecule has 2 N–H and O–H groups in total. The van der Waals surface area contributed by atoms with Crippen molar-refractivity contribution in [2.75, 3.05) is 13.1 Å². The number of amides is 1. The Hall–Kier alpha value is -1.42. The van der Waals surface area contributed by atoms with Gasteiger partial charge in [-0.15, -0.1) is 0 Å². The number of nitrogens with two attached hydrogens (primary N) is 1. The lowest BCUT2D eigenvalue weighted by atomic mass is 9.90. The third-order valence-corrected chi connectivity index (χ3v) is 3.99. The number of rotatable bonds is 2. The molecule has 1 heterocycles. The van der Waals surface area contributed by atoms with Gasteiger partial charge in [-0.05, 0) is 50.3 Å². The van der Waals surface area contributed by atoms with E-state index < -0.39 is 0 Å². The molecule has 0 spiro atoms. The Morgan fingerprint density at radius 3 is 2.58 bits per heavy atom. The number of benzene rings is 1. The predicted octanol–water partition coefficient (Wildman–Crippen LogP) is 2.33. The summed E-state index contributed by atoms with van der Waals surface area (Å²) in [6.07, 6.45) is 1.86. The zero-order valence-electron chi connectivity index (χ0n) is 11.5. The van der Waals surface area contributed by atoms with Crippen molar-refractivity contribution >= 4 is 5.91 Å². The minimum Gasteiger partial charge on any atom is -0.339 e. The topological polar surface area (TPSA) is 46.3 Å². The van der Waals surface area contributed by atoms with Crippen LogP contribution in [-0.4, -0.2) is 29.9 Å². The molecule has 1 aliphatic rings. The van der Waals surface area contributed by atoms with E-state index >= 15 is 0 Å². The van der Waals surface area contributed by atoms with Crippen molar-refractivity contribution in [2.45, 2.75) is 32.7 Å². The van der Waals surface area contributed by atoms with E-state index in [1.807, 2.05) is 6.92 Å². The SMILES string of the molecule is Cc1ccc(C(=O)N2CCC(C(C)N)CC2)cc1F. The Balaban J connectivity index is 2.03. The van der Waals surface area contributed by atoms with Crippen molar-refractivity contribution in [1.82, 2.24) is 4.90 Å². The lowest BCUT2D eigenvalue weighted by Crippen LogP contribution is -2.42. The monoisotopic (exact) mass is 264 g/mol. The van der Waals surface area contributed by atoms with E-state index in [0.717, 1.165) is 12.8 Å². The van der Waals surface area contributed by atoms with Gasteiger partial charge >= 0.3 is 0 Å². The highest BCUT2D eigenvalue weighted by Crippen LogP contribution is 2.21. The highest BCUT2D eigenvalue weighted by molar-refractivity contribution is 5.94. The molecule has 0 saturated carbocycles. The Labute approximate surface area is 113 Å². The van der Waals surface area contributed by atoms with Crippen LogP contribution < -0.4 is 5.73 Å². The number of hydrogen-bond donors (Lipinski definition) is 1. The number of carbonyl (C=O) groups is 1. The first kappa shape index (κ1) is 14.0. The molecule has 1 unspecified atom stereocenters. The van der Waals surface area contributed by atoms with Crippen LogP contribution in [0.3, 0.4) is 0 Å². The quantitative estimate of drug-likeness (QED) is 0.891. The summed E-state index contributed by atoms with van der Waals surface area (Å²) < 4.78 is 13.5. The van der Waals surface area contributed by atoms with Gasteiger partial charge in [0, 0.05) is 24.7 Å². The number of aryl methyl sites for hydroxylation is 1. The largest absolute Gasteiger partial charge is 0.339 e. The molecule has 4 heteroatoms. The van der Waals surface area contributed by atoms with Crippen LogP contribution in [0.5, 0.6) is 0 Å². The maximum atomic E-state index is 13.5. The fraction of sp³-hybridized carbons (Fsp3) is 0.533. The van der Waals surface area contributed by atoms with Gasteiger partial charge in [-0.25, -0.2) is 4.39 Å². The van der Waals surface area contributed by atoms with Gasteiger partial charge in [-0.3, -0.25) is 4.79 Å². The third kappa shape index (κ3) is 3.13. The molecule has 0 aliphatic carbocycles. The van der Waals surface area contributed by atoms with Gasteiger partial charge in [0.05, 0.1) is 0 Å². The number of hydrogen-bond acceptors (Lipinski definition) is 2. The summed E-state index contributed by atoms with van der Waals surface area (Å²) in [5.41, 5.74) is 6.88. The Morgan fingerprint density at radius 1 is 1.42 bits per heavy atom. The summed E-state index contributed by atoms with van der Waals surface area (Å²) >= 11 is 0. The highest BCUT2D eigenvalue weighted by atomic mass is 19.1. The van der Waals surface area contributed by atoms with Crippen LogP contribution in [0.1, 0.15) is 35.7 Å². The van der Waals surface area contributed by atoms with Crippen molar-refractivity contribution in [3.63, 3.8) is 0 Å². The standard InChI is InChI=1S/C15H21FN2O/c1-10-3-4-13(9-14(10)16)15(19)18-7-5-12(6-8-18)11(2)17/h3-4,9,11-12H,5-8,17H2,1-2H3. The molecule has 1 saturated heterocycles. The van der Waals surface area contributed by atoms with Gasteiger partial charge in [0.25, 0.3) is 5.91 Å². The second kappa shape index (κ2) is 5.70. The summed E-state index contributed by atoms with van der Waals surface area (Å²) in [4.78, 5) is 14.1. The zero-order valence-corrected chi connectivity index (χ0v) is 11.5. The summed E-state index contributed by atoms with van der Waals surface area (Å²) in [5.74, 6) is 0.0807. The first-order valence-corrected chi connectivity index (χ1v) is 6.80. The van der Waals surface area contributed by atoms with E-state index in [9.17, 15) is 9.18 Å². The van der Waals surface area contributed by atoms with Gasteiger partial charge in [0.15, 0.2) is 0 Å². The van der Waals surface area contributed by atoms with E-state index in [0.29, 0.717) is 30.1 Å². The molecule has 3 nitrogen and oxygen atoms in total. The molecular formula is C15H21FN2O. The van der Waals surface area contributed by atoms with Crippen LogP contribution in [0.2, 0.25) is 0 Å². The lowest BCUT2D eigenvalue weighted by Gasteiger charge is -2.33. The minimum absolute atomic E-state index is 0.0815. The maximum absolute atomic E-state index is 13.5. The molecule has 104 valence electrons. The molecular weight excluding hydrogens is 243 g/mol. The molecule has 1 amide bonds. The molecule has 1 aliphatic heterocycles. The molecule has 1 atom stereocenters. The molecule has 0 radical (unpaired) electrons. The number of halogens is 1. The van der Waals surface area contributed by atoms with Gasteiger partial charge in [0.1, 0.15) is 5.82 Å². The van der Waals surface area contributed by atoms with Crippen LogP contribution in [0.15, 0.2) is 18.2 Å².